The van der Waals surface area contributed by atoms with Crippen molar-refractivity contribution in [2.75, 3.05) is 20.3 Å². The van der Waals surface area contributed by atoms with Gasteiger partial charge in [-0.05, 0) is 30.7 Å². The van der Waals surface area contributed by atoms with E-state index in [2.05, 4.69) is 14.8 Å². The van der Waals surface area contributed by atoms with E-state index in [1.54, 1.807) is 20.1 Å². The molecule has 3 heterocycles. The smallest absolute Gasteiger partial charge is 0.497 e. The number of hydrogen-bond donors (Lipinski definition) is 1. The van der Waals surface area contributed by atoms with E-state index in [9.17, 15) is 13.6 Å². The maximum atomic E-state index is 13.8. The largest absolute Gasteiger partial charge is 0.586 e. The Balaban J connectivity index is 1.21. The number of ether oxygens (including phenoxy) is 6. The quantitative estimate of drug-likeness (QED) is 0.458. The van der Waals surface area contributed by atoms with Crippen molar-refractivity contribution in [1.29, 1.82) is 0 Å². The summed E-state index contributed by atoms with van der Waals surface area (Å²) in [4.78, 5) is 13.8. The first-order valence-corrected chi connectivity index (χ1v) is 12.6. The Labute approximate surface area is 223 Å². The summed E-state index contributed by atoms with van der Waals surface area (Å²) in [6.45, 7) is 2.50. The number of hydrogen-bond acceptors (Lipinski definition) is 7. The zero-order valence-electron chi connectivity index (χ0n) is 21.4. The molecule has 204 valence electrons. The molecule has 0 unspecified atom stereocenters. The summed E-state index contributed by atoms with van der Waals surface area (Å²) in [5.41, 5.74) is 1.16. The highest BCUT2D eigenvalue weighted by Crippen LogP contribution is 2.50. The lowest BCUT2D eigenvalue weighted by molar-refractivity contribution is -0.286. The van der Waals surface area contributed by atoms with E-state index >= 15 is 0 Å². The van der Waals surface area contributed by atoms with Crippen LogP contribution in [0.3, 0.4) is 0 Å². The molecule has 1 N–H and O–H groups in total. The Hall–Kier alpha value is -4.05. The van der Waals surface area contributed by atoms with Gasteiger partial charge in [0.1, 0.15) is 35.4 Å². The average molecular weight is 540 g/mol. The van der Waals surface area contributed by atoms with E-state index in [1.165, 1.54) is 12.1 Å². The molecule has 3 aliphatic rings. The third kappa shape index (κ3) is 4.80. The number of carbonyl (C=O) groups excluding carboxylic acids is 1. The monoisotopic (exact) mass is 539 g/mol. The standard InChI is InChI=1S/C29H27F2NO7/c1-28(16-36-24-13-26-25(12-21(24)28)38-29(30,31)39-26)27(33)32-22-10-19(15-35-14-17-6-4-3-5-7-17)37-23-11-18(34-2)8-9-20(22)23/h3-9,11-13,19,22H,10,14-16H2,1-2H3,(H,32,33)/t19-,22-,28-/m0/s1. The van der Waals surface area contributed by atoms with E-state index in [0.29, 0.717) is 42.4 Å². The Bertz CT molecular complexity index is 1400. The van der Waals surface area contributed by atoms with Crippen LogP contribution in [0.25, 0.3) is 0 Å². The van der Waals surface area contributed by atoms with Crippen LogP contribution in [0.2, 0.25) is 0 Å². The van der Waals surface area contributed by atoms with Crippen molar-refractivity contribution in [1.82, 2.24) is 5.32 Å². The van der Waals surface area contributed by atoms with Crippen molar-refractivity contribution < 1.29 is 42.0 Å². The van der Waals surface area contributed by atoms with E-state index in [1.807, 2.05) is 42.5 Å². The van der Waals surface area contributed by atoms with E-state index < -0.39 is 17.8 Å². The van der Waals surface area contributed by atoms with Gasteiger partial charge in [0.15, 0.2) is 11.5 Å². The van der Waals surface area contributed by atoms with Gasteiger partial charge in [-0.1, -0.05) is 30.3 Å². The maximum absolute atomic E-state index is 13.8. The van der Waals surface area contributed by atoms with Crippen LogP contribution in [-0.4, -0.2) is 38.6 Å². The van der Waals surface area contributed by atoms with Gasteiger partial charge in [0.25, 0.3) is 0 Å². The van der Waals surface area contributed by atoms with Crippen LogP contribution in [0.5, 0.6) is 28.7 Å². The predicted molar refractivity (Wildman–Crippen MR) is 135 cm³/mol. The van der Waals surface area contributed by atoms with Gasteiger partial charge in [-0.15, -0.1) is 8.78 Å². The molecule has 0 fully saturated rings. The number of rotatable bonds is 7. The van der Waals surface area contributed by atoms with Crippen LogP contribution >= 0.6 is 0 Å². The number of fused-ring (bicyclic) bond motifs is 3. The molecular formula is C29H27F2NO7. The summed E-state index contributed by atoms with van der Waals surface area (Å²) in [5, 5.41) is 3.14. The van der Waals surface area contributed by atoms with E-state index in [4.69, 9.17) is 18.9 Å². The third-order valence-electron chi connectivity index (χ3n) is 7.22. The third-order valence-corrected chi connectivity index (χ3v) is 7.22. The number of nitrogens with one attached hydrogen (secondary N) is 1. The van der Waals surface area contributed by atoms with Gasteiger partial charge < -0.3 is 33.7 Å². The molecule has 0 saturated heterocycles. The Morgan fingerprint density at radius 2 is 1.79 bits per heavy atom. The van der Waals surface area contributed by atoms with Crippen molar-refractivity contribution in [3.05, 3.63) is 77.4 Å². The Kier molecular flexibility index (Phi) is 6.22. The van der Waals surface area contributed by atoms with Gasteiger partial charge in [-0.3, -0.25) is 4.79 Å². The fourth-order valence-electron chi connectivity index (χ4n) is 5.10. The second kappa shape index (κ2) is 9.60. The zero-order chi connectivity index (χ0) is 27.2. The molecule has 6 rings (SSSR count). The first-order chi connectivity index (χ1) is 18.7. The minimum absolute atomic E-state index is 0.0375. The normalized spacial score (nSPS) is 23.7. The van der Waals surface area contributed by atoms with Crippen molar-refractivity contribution in [3.8, 4) is 28.7 Å². The summed E-state index contributed by atoms with van der Waals surface area (Å²) in [6.07, 6.45) is -3.62. The minimum atomic E-state index is -3.76. The molecule has 10 heteroatoms. The molecule has 0 bridgehead atoms. The van der Waals surface area contributed by atoms with Crippen LogP contribution in [-0.2, 0) is 21.6 Å². The highest BCUT2D eigenvalue weighted by atomic mass is 19.3. The molecule has 1 amide bonds. The molecule has 8 nitrogen and oxygen atoms in total. The van der Waals surface area contributed by atoms with E-state index in [0.717, 1.165) is 11.1 Å². The molecule has 0 radical (unpaired) electrons. The zero-order valence-corrected chi connectivity index (χ0v) is 21.4. The molecule has 0 saturated carbocycles. The molecular weight excluding hydrogens is 512 g/mol. The number of methoxy groups -OCH3 is 1. The molecule has 3 atom stereocenters. The minimum Gasteiger partial charge on any atom is -0.497 e. The topological polar surface area (TPSA) is 84.5 Å². The number of halogens is 2. The summed E-state index contributed by atoms with van der Waals surface area (Å²) in [6, 6.07) is 17.6. The maximum Gasteiger partial charge on any atom is 0.586 e. The van der Waals surface area contributed by atoms with Crippen molar-refractivity contribution in [2.45, 2.75) is 43.8 Å². The lowest BCUT2D eigenvalue weighted by atomic mass is 9.82. The second-order valence-electron chi connectivity index (χ2n) is 9.99. The van der Waals surface area contributed by atoms with Crippen LogP contribution in [0, 0.1) is 0 Å². The SMILES string of the molecule is COc1ccc2c(c1)O[C@H](COCc1ccccc1)C[C@@H]2NC(=O)[C@@]1(C)COc2cc3c(cc21)OC(F)(F)O3. The second-order valence-corrected chi connectivity index (χ2v) is 9.99. The first kappa shape index (κ1) is 25.2. The van der Waals surface area contributed by atoms with Gasteiger partial charge in [-0.2, -0.15) is 0 Å². The summed E-state index contributed by atoms with van der Waals surface area (Å²) < 4.78 is 59.6. The van der Waals surface area contributed by atoms with Crippen LogP contribution < -0.4 is 29.0 Å². The lowest BCUT2D eigenvalue weighted by Gasteiger charge is -2.34. The lowest BCUT2D eigenvalue weighted by Crippen LogP contribution is -2.47. The molecule has 39 heavy (non-hydrogen) atoms. The summed E-state index contributed by atoms with van der Waals surface area (Å²) in [7, 11) is 1.57. The molecule has 0 spiro atoms. The van der Waals surface area contributed by atoms with Gasteiger partial charge in [-0.25, -0.2) is 0 Å². The Morgan fingerprint density at radius 1 is 1.03 bits per heavy atom. The predicted octanol–water partition coefficient (Wildman–Crippen LogP) is 4.89. The van der Waals surface area contributed by atoms with Crippen molar-refractivity contribution in [2.24, 2.45) is 0 Å². The van der Waals surface area contributed by atoms with Gasteiger partial charge >= 0.3 is 6.29 Å². The van der Waals surface area contributed by atoms with Gasteiger partial charge in [0, 0.05) is 29.7 Å². The molecule has 0 aromatic heterocycles. The molecule has 3 aliphatic heterocycles. The van der Waals surface area contributed by atoms with E-state index in [-0.39, 0.29) is 30.1 Å². The van der Waals surface area contributed by atoms with Crippen molar-refractivity contribution in [3.63, 3.8) is 0 Å². The number of carbonyl (C=O) groups is 1. The highest BCUT2D eigenvalue weighted by molar-refractivity contribution is 5.90. The number of benzene rings is 3. The highest BCUT2D eigenvalue weighted by Gasteiger charge is 2.49. The molecule has 0 aliphatic carbocycles. The van der Waals surface area contributed by atoms with Crippen LogP contribution in [0.15, 0.2) is 60.7 Å². The first-order valence-electron chi connectivity index (χ1n) is 12.6. The van der Waals surface area contributed by atoms with Crippen LogP contribution in [0.4, 0.5) is 8.78 Å². The Morgan fingerprint density at radius 3 is 2.56 bits per heavy atom. The number of alkyl halides is 2. The molecule has 3 aromatic carbocycles. The number of amides is 1. The average Bonchev–Trinajstić information content (AvgIpc) is 3.41. The van der Waals surface area contributed by atoms with Gasteiger partial charge in [0.05, 0.1) is 26.4 Å². The fourth-order valence-corrected chi connectivity index (χ4v) is 5.10. The summed E-state index contributed by atoms with van der Waals surface area (Å²) in [5.74, 6) is 0.943. The van der Waals surface area contributed by atoms with Crippen molar-refractivity contribution >= 4 is 5.91 Å². The van der Waals surface area contributed by atoms with Gasteiger partial charge in [0.2, 0.25) is 5.91 Å². The fraction of sp³-hybridized carbons (Fsp3) is 0.345. The molecule has 3 aromatic rings. The van der Waals surface area contributed by atoms with Crippen LogP contribution in [0.1, 0.15) is 36.1 Å². The summed E-state index contributed by atoms with van der Waals surface area (Å²) >= 11 is 0.